The first-order valence-electron chi connectivity index (χ1n) is 11.8. The molecule has 192 valence electrons. The highest BCUT2D eigenvalue weighted by molar-refractivity contribution is 5.95. The van der Waals surface area contributed by atoms with Crippen LogP contribution >= 0.6 is 0 Å². The number of anilines is 2. The van der Waals surface area contributed by atoms with Crippen LogP contribution in [0.2, 0.25) is 0 Å². The van der Waals surface area contributed by atoms with Crippen LogP contribution in [0.15, 0.2) is 48.5 Å². The number of piperazine rings is 1. The second kappa shape index (κ2) is 10.6. The Morgan fingerprint density at radius 1 is 1.03 bits per heavy atom. The van der Waals surface area contributed by atoms with Gasteiger partial charge in [0.1, 0.15) is 17.3 Å². The molecule has 0 spiro atoms. The van der Waals surface area contributed by atoms with Crippen molar-refractivity contribution in [3.8, 4) is 11.5 Å². The van der Waals surface area contributed by atoms with E-state index in [4.69, 9.17) is 9.72 Å². The van der Waals surface area contributed by atoms with Crippen molar-refractivity contribution in [2.75, 3.05) is 43.0 Å². The first kappa shape index (κ1) is 25.6. The van der Waals surface area contributed by atoms with Crippen molar-refractivity contribution in [3.05, 3.63) is 54.1 Å². The molecule has 1 fully saturated rings. The Morgan fingerprint density at radius 2 is 1.69 bits per heavy atom. The number of hydrogen-bond acceptors (Lipinski definition) is 6. The van der Waals surface area contributed by atoms with Gasteiger partial charge < -0.3 is 19.7 Å². The van der Waals surface area contributed by atoms with Gasteiger partial charge in [0.05, 0.1) is 5.52 Å². The van der Waals surface area contributed by atoms with Gasteiger partial charge in [-0.15, -0.1) is 13.2 Å². The largest absolute Gasteiger partial charge is 0.573 e. The van der Waals surface area contributed by atoms with Crippen molar-refractivity contribution in [2.24, 2.45) is 0 Å². The van der Waals surface area contributed by atoms with Gasteiger partial charge in [-0.3, -0.25) is 9.69 Å². The Labute approximate surface area is 207 Å². The number of carbonyl (C=O) groups is 1. The van der Waals surface area contributed by atoms with Gasteiger partial charge >= 0.3 is 6.36 Å². The van der Waals surface area contributed by atoms with E-state index in [9.17, 15) is 18.0 Å². The van der Waals surface area contributed by atoms with Gasteiger partial charge in [-0.05, 0) is 74.9 Å². The summed E-state index contributed by atoms with van der Waals surface area (Å²) in [5.74, 6) is 0.455. The Kier molecular flexibility index (Phi) is 7.53. The molecule has 2 heterocycles. The van der Waals surface area contributed by atoms with Gasteiger partial charge in [0.15, 0.2) is 6.61 Å². The second-order valence-electron chi connectivity index (χ2n) is 9.00. The van der Waals surface area contributed by atoms with Gasteiger partial charge in [-0.1, -0.05) is 0 Å². The van der Waals surface area contributed by atoms with Crippen molar-refractivity contribution >= 4 is 28.3 Å². The predicted molar refractivity (Wildman–Crippen MR) is 133 cm³/mol. The van der Waals surface area contributed by atoms with E-state index in [1.807, 2.05) is 19.1 Å². The average Bonchev–Trinajstić information content (AvgIpc) is 2.83. The summed E-state index contributed by atoms with van der Waals surface area (Å²) >= 11 is 0. The third kappa shape index (κ3) is 6.57. The number of pyridine rings is 1. The molecule has 1 N–H and O–H groups in total. The summed E-state index contributed by atoms with van der Waals surface area (Å²) in [6, 6.07) is 13.0. The SMILES string of the molecule is Cc1cc(N2CCN(C(C)C)CC2)nc2ccc(NC(=O)COc3ccc(OC(F)(F)F)cc3)cc12. The van der Waals surface area contributed by atoms with E-state index in [1.54, 1.807) is 6.07 Å². The molecule has 1 saturated heterocycles. The highest BCUT2D eigenvalue weighted by Gasteiger charge is 2.31. The summed E-state index contributed by atoms with van der Waals surface area (Å²) in [4.78, 5) is 22.0. The normalized spacial score (nSPS) is 14.8. The topological polar surface area (TPSA) is 66.9 Å². The average molecular weight is 503 g/mol. The van der Waals surface area contributed by atoms with Gasteiger partial charge in [0.2, 0.25) is 0 Å². The number of carbonyl (C=O) groups excluding carboxylic acids is 1. The van der Waals surface area contributed by atoms with Crippen molar-refractivity contribution in [1.82, 2.24) is 9.88 Å². The third-order valence-electron chi connectivity index (χ3n) is 6.08. The number of ether oxygens (including phenoxy) is 2. The number of halogens is 3. The molecule has 3 aromatic rings. The van der Waals surface area contributed by atoms with E-state index < -0.39 is 12.3 Å². The van der Waals surface area contributed by atoms with E-state index in [-0.39, 0.29) is 18.1 Å². The van der Waals surface area contributed by atoms with Gasteiger partial charge in [-0.2, -0.15) is 0 Å². The Hall–Kier alpha value is -3.53. The molecule has 0 atom stereocenters. The van der Waals surface area contributed by atoms with Crippen molar-refractivity contribution in [1.29, 1.82) is 0 Å². The summed E-state index contributed by atoms with van der Waals surface area (Å²) in [6.45, 7) is 10.0. The number of nitrogens with one attached hydrogen (secondary N) is 1. The van der Waals surface area contributed by atoms with E-state index in [2.05, 4.69) is 39.8 Å². The molecule has 1 aliphatic rings. The molecule has 1 aliphatic heterocycles. The Balaban J connectivity index is 1.35. The zero-order valence-electron chi connectivity index (χ0n) is 20.4. The number of aromatic nitrogens is 1. The zero-order chi connectivity index (χ0) is 25.9. The molecule has 0 saturated carbocycles. The van der Waals surface area contributed by atoms with Crippen LogP contribution in [0, 0.1) is 6.92 Å². The second-order valence-corrected chi connectivity index (χ2v) is 9.00. The summed E-state index contributed by atoms with van der Waals surface area (Å²) in [5.41, 5.74) is 2.52. The minimum atomic E-state index is -4.76. The minimum absolute atomic E-state index is 0.250. The number of rotatable bonds is 7. The lowest BCUT2D eigenvalue weighted by molar-refractivity contribution is -0.274. The van der Waals surface area contributed by atoms with Gasteiger partial charge in [0.25, 0.3) is 5.91 Å². The number of amides is 1. The molecule has 4 rings (SSSR count). The third-order valence-corrected chi connectivity index (χ3v) is 6.08. The van der Waals surface area contributed by atoms with Crippen molar-refractivity contribution < 1.29 is 27.4 Å². The zero-order valence-corrected chi connectivity index (χ0v) is 20.4. The van der Waals surface area contributed by atoms with Crippen molar-refractivity contribution in [3.63, 3.8) is 0 Å². The maximum absolute atomic E-state index is 12.4. The van der Waals surface area contributed by atoms with Gasteiger partial charge in [-0.25, -0.2) is 4.98 Å². The van der Waals surface area contributed by atoms with E-state index >= 15 is 0 Å². The smallest absolute Gasteiger partial charge is 0.484 e. The first-order valence-corrected chi connectivity index (χ1v) is 11.8. The van der Waals surface area contributed by atoms with E-state index in [0.29, 0.717) is 11.7 Å². The molecular formula is C26H29F3N4O3. The maximum atomic E-state index is 12.4. The van der Waals surface area contributed by atoms with Gasteiger partial charge in [0, 0.05) is 43.3 Å². The van der Waals surface area contributed by atoms with Crippen LogP contribution in [-0.4, -0.2) is 61.0 Å². The van der Waals surface area contributed by atoms with Crippen LogP contribution < -0.4 is 19.7 Å². The number of nitrogens with zero attached hydrogens (tertiary/aromatic N) is 3. The summed E-state index contributed by atoms with van der Waals surface area (Å²) in [6.07, 6.45) is -4.76. The molecule has 2 aromatic carbocycles. The van der Waals surface area contributed by atoms with E-state index in [0.717, 1.165) is 60.6 Å². The molecule has 7 nitrogen and oxygen atoms in total. The highest BCUT2D eigenvalue weighted by atomic mass is 19.4. The predicted octanol–water partition coefficient (Wildman–Crippen LogP) is 4.99. The maximum Gasteiger partial charge on any atom is 0.573 e. The highest BCUT2D eigenvalue weighted by Crippen LogP contribution is 2.27. The van der Waals surface area contributed by atoms with Crippen LogP contribution in [0.4, 0.5) is 24.7 Å². The lowest BCUT2D eigenvalue weighted by Crippen LogP contribution is -2.49. The lowest BCUT2D eigenvalue weighted by atomic mass is 10.1. The van der Waals surface area contributed by atoms with Crippen LogP contribution in [0.5, 0.6) is 11.5 Å². The fourth-order valence-corrected chi connectivity index (χ4v) is 4.17. The monoisotopic (exact) mass is 502 g/mol. The number of aryl methyl sites for hydroxylation is 1. The molecular weight excluding hydrogens is 473 g/mol. The lowest BCUT2D eigenvalue weighted by Gasteiger charge is -2.37. The van der Waals surface area contributed by atoms with Crippen LogP contribution in [0.25, 0.3) is 10.9 Å². The van der Waals surface area contributed by atoms with Crippen LogP contribution in [-0.2, 0) is 4.79 Å². The molecule has 0 unspecified atom stereocenters. The number of alkyl halides is 3. The molecule has 36 heavy (non-hydrogen) atoms. The molecule has 1 amide bonds. The fraction of sp³-hybridized carbons (Fsp3) is 0.385. The number of hydrogen-bond donors (Lipinski definition) is 1. The number of benzene rings is 2. The molecule has 0 bridgehead atoms. The minimum Gasteiger partial charge on any atom is -0.484 e. The van der Waals surface area contributed by atoms with Crippen molar-refractivity contribution in [2.45, 2.75) is 33.2 Å². The molecule has 10 heteroatoms. The van der Waals surface area contributed by atoms with Crippen LogP contribution in [0.3, 0.4) is 0 Å². The number of fused-ring (bicyclic) bond motifs is 1. The Bertz CT molecular complexity index is 1210. The van der Waals surface area contributed by atoms with Crippen LogP contribution in [0.1, 0.15) is 19.4 Å². The quantitative estimate of drug-likeness (QED) is 0.491. The summed E-state index contributed by atoms with van der Waals surface area (Å²) in [5, 5.41) is 3.73. The fourth-order valence-electron chi connectivity index (χ4n) is 4.17. The summed E-state index contributed by atoms with van der Waals surface area (Å²) in [7, 11) is 0. The Morgan fingerprint density at radius 3 is 2.33 bits per heavy atom. The molecule has 0 aliphatic carbocycles. The molecule has 0 radical (unpaired) electrons. The first-order chi connectivity index (χ1) is 17.1. The molecule has 1 aromatic heterocycles. The standard InChI is InChI=1S/C26H29F3N4O3/c1-17(2)32-10-12-33(13-11-32)24-14-18(3)22-15-19(4-9-23(22)31-24)30-25(34)16-35-20-5-7-21(8-6-20)36-26(27,28)29/h4-9,14-15,17H,10-13,16H2,1-3H3,(H,30,34). The van der Waals surface area contributed by atoms with E-state index in [1.165, 1.54) is 12.1 Å². The summed E-state index contributed by atoms with van der Waals surface area (Å²) < 4.78 is 45.9.